The van der Waals surface area contributed by atoms with Crippen molar-refractivity contribution in [2.75, 3.05) is 19.6 Å². The maximum absolute atomic E-state index is 12.6. The second-order valence-electron chi connectivity index (χ2n) is 7.56. The molecule has 0 unspecified atom stereocenters. The van der Waals surface area contributed by atoms with Gasteiger partial charge in [-0.05, 0) is 51.3 Å². The Morgan fingerprint density at radius 1 is 1.26 bits per heavy atom. The Morgan fingerprint density at radius 2 is 2.00 bits per heavy atom. The van der Waals surface area contributed by atoms with Crippen LogP contribution in [0.2, 0.25) is 0 Å². The van der Waals surface area contributed by atoms with E-state index in [2.05, 4.69) is 26.9 Å². The number of piperidine rings is 1. The molecular weight excluding hydrogens is 286 g/mol. The van der Waals surface area contributed by atoms with Crippen LogP contribution in [0.3, 0.4) is 0 Å². The van der Waals surface area contributed by atoms with Gasteiger partial charge >= 0.3 is 0 Å². The third kappa shape index (κ3) is 3.42. The molecule has 126 valence electrons. The van der Waals surface area contributed by atoms with Crippen molar-refractivity contribution in [1.82, 2.24) is 14.8 Å². The molecule has 2 aliphatic rings. The number of likely N-dealkylation sites (tertiary alicyclic amines) is 2. The van der Waals surface area contributed by atoms with Gasteiger partial charge in [-0.2, -0.15) is 0 Å². The molecule has 2 aliphatic heterocycles. The Balaban J connectivity index is 1.73. The number of nitrogens with zero attached hydrogens (tertiary/aromatic N) is 3. The van der Waals surface area contributed by atoms with Crippen molar-refractivity contribution in [1.29, 1.82) is 0 Å². The van der Waals surface area contributed by atoms with E-state index in [1.165, 1.54) is 6.42 Å². The smallest absolute Gasteiger partial charge is 0.225 e. The molecule has 1 spiro atoms. The van der Waals surface area contributed by atoms with E-state index in [0.29, 0.717) is 5.91 Å². The van der Waals surface area contributed by atoms with E-state index in [0.717, 1.165) is 56.8 Å². The summed E-state index contributed by atoms with van der Waals surface area (Å²) >= 11 is 0. The number of aromatic nitrogens is 1. The molecule has 1 aromatic heterocycles. The number of aryl methyl sites for hydroxylation is 1. The van der Waals surface area contributed by atoms with E-state index < -0.39 is 0 Å². The third-order valence-corrected chi connectivity index (χ3v) is 5.32. The van der Waals surface area contributed by atoms with Crippen LogP contribution in [-0.4, -0.2) is 45.9 Å². The van der Waals surface area contributed by atoms with Crippen LogP contribution in [0.1, 0.15) is 50.9 Å². The minimum absolute atomic E-state index is 0.0728. The normalized spacial score (nSPS) is 25.5. The second kappa shape index (κ2) is 6.60. The van der Waals surface area contributed by atoms with Gasteiger partial charge in [0, 0.05) is 31.2 Å². The molecule has 0 bridgehead atoms. The lowest BCUT2D eigenvalue weighted by Gasteiger charge is -2.46. The van der Waals surface area contributed by atoms with Crippen molar-refractivity contribution in [3.63, 3.8) is 0 Å². The topological polar surface area (TPSA) is 36.4 Å². The second-order valence-corrected chi connectivity index (χ2v) is 7.56. The minimum Gasteiger partial charge on any atom is -0.336 e. The summed E-state index contributed by atoms with van der Waals surface area (Å²) in [6, 6.07) is 6.24. The summed E-state index contributed by atoms with van der Waals surface area (Å²) in [5.74, 6) is 0.428. The molecule has 1 atom stereocenters. The van der Waals surface area contributed by atoms with Gasteiger partial charge in [0.05, 0.1) is 11.2 Å². The van der Waals surface area contributed by atoms with Crippen LogP contribution in [-0.2, 0) is 11.3 Å². The van der Waals surface area contributed by atoms with Crippen molar-refractivity contribution < 1.29 is 4.79 Å². The highest BCUT2D eigenvalue weighted by Gasteiger charge is 2.46. The fourth-order valence-corrected chi connectivity index (χ4v) is 4.28. The van der Waals surface area contributed by atoms with E-state index in [9.17, 15) is 4.79 Å². The fourth-order valence-electron chi connectivity index (χ4n) is 4.28. The minimum atomic E-state index is 0.0728. The zero-order valence-electron chi connectivity index (χ0n) is 14.7. The number of pyridine rings is 1. The van der Waals surface area contributed by atoms with Gasteiger partial charge in [0.1, 0.15) is 0 Å². The van der Waals surface area contributed by atoms with Crippen molar-refractivity contribution in [3.05, 3.63) is 29.6 Å². The van der Waals surface area contributed by atoms with Gasteiger partial charge in [0.25, 0.3) is 0 Å². The van der Waals surface area contributed by atoms with Gasteiger partial charge in [-0.1, -0.05) is 19.9 Å². The largest absolute Gasteiger partial charge is 0.336 e. The molecule has 3 heterocycles. The Bertz CT molecular complexity index is 571. The number of amides is 1. The highest BCUT2D eigenvalue weighted by molar-refractivity contribution is 5.79. The number of carbonyl (C=O) groups excluding carboxylic acids is 1. The summed E-state index contributed by atoms with van der Waals surface area (Å²) in [6.45, 7) is 10.0. The summed E-state index contributed by atoms with van der Waals surface area (Å²) < 4.78 is 0. The lowest BCUT2D eigenvalue weighted by Crippen LogP contribution is -2.57. The molecule has 0 saturated carbocycles. The number of rotatable bonds is 3. The molecule has 4 nitrogen and oxygen atoms in total. The number of hydrogen-bond acceptors (Lipinski definition) is 3. The monoisotopic (exact) mass is 315 g/mol. The van der Waals surface area contributed by atoms with Crippen molar-refractivity contribution in [2.45, 2.75) is 58.5 Å². The number of hydrogen-bond donors (Lipinski definition) is 0. The van der Waals surface area contributed by atoms with Gasteiger partial charge in [-0.25, -0.2) is 0 Å². The first-order chi connectivity index (χ1) is 11.0. The molecule has 0 aliphatic carbocycles. The van der Waals surface area contributed by atoms with Gasteiger partial charge in [0.2, 0.25) is 5.91 Å². The van der Waals surface area contributed by atoms with Crippen LogP contribution < -0.4 is 0 Å². The first-order valence-corrected chi connectivity index (χ1v) is 8.97. The summed E-state index contributed by atoms with van der Waals surface area (Å²) in [6.07, 6.45) is 4.63. The molecule has 1 aromatic rings. The Hall–Kier alpha value is -1.42. The third-order valence-electron chi connectivity index (χ3n) is 5.32. The Kier molecular flexibility index (Phi) is 4.72. The van der Waals surface area contributed by atoms with E-state index in [-0.39, 0.29) is 11.5 Å². The predicted molar refractivity (Wildman–Crippen MR) is 92.0 cm³/mol. The Labute approximate surface area is 139 Å². The van der Waals surface area contributed by atoms with E-state index in [4.69, 9.17) is 0 Å². The Morgan fingerprint density at radius 3 is 2.70 bits per heavy atom. The first-order valence-electron chi connectivity index (χ1n) is 8.97. The standard InChI is InChI=1S/C19H29N3O/c1-15(2)18(23)22-12-6-10-19(22)9-5-11-21(14-19)13-17-8-4-7-16(3)20-17/h4,7-8,15H,5-6,9-14H2,1-3H3/t19-/m0/s1. The van der Waals surface area contributed by atoms with Crippen molar-refractivity contribution in [2.24, 2.45) is 5.92 Å². The highest BCUT2D eigenvalue weighted by Crippen LogP contribution is 2.38. The van der Waals surface area contributed by atoms with Gasteiger partial charge in [0.15, 0.2) is 0 Å². The molecule has 0 N–H and O–H groups in total. The maximum atomic E-state index is 12.6. The highest BCUT2D eigenvalue weighted by atomic mass is 16.2. The molecule has 23 heavy (non-hydrogen) atoms. The molecular formula is C19H29N3O. The van der Waals surface area contributed by atoms with Gasteiger partial charge < -0.3 is 4.90 Å². The lowest BCUT2D eigenvalue weighted by molar-refractivity contribution is -0.140. The summed E-state index contributed by atoms with van der Waals surface area (Å²) in [5.41, 5.74) is 2.29. The zero-order chi connectivity index (χ0) is 16.4. The van der Waals surface area contributed by atoms with Crippen LogP contribution in [0.15, 0.2) is 18.2 Å². The van der Waals surface area contributed by atoms with Crippen LogP contribution >= 0.6 is 0 Å². The van der Waals surface area contributed by atoms with Gasteiger partial charge in [-0.15, -0.1) is 0 Å². The van der Waals surface area contributed by atoms with Crippen molar-refractivity contribution >= 4 is 5.91 Å². The predicted octanol–water partition coefficient (Wildman–Crippen LogP) is 3.00. The number of carbonyl (C=O) groups is 1. The molecule has 4 heteroatoms. The molecule has 3 rings (SSSR count). The van der Waals surface area contributed by atoms with E-state index >= 15 is 0 Å². The lowest BCUT2D eigenvalue weighted by atomic mass is 9.85. The van der Waals surface area contributed by atoms with Crippen molar-refractivity contribution in [3.8, 4) is 0 Å². The molecule has 0 radical (unpaired) electrons. The first kappa shape index (κ1) is 16.4. The SMILES string of the molecule is Cc1cccc(CN2CCC[C@]3(CCCN3C(=O)C(C)C)C2)n1. The molecule has 2 saturated heterocycles. The van der Waals surface area contributed by atoms with E-state index in [1.54, 1.807) is 0 Å². The van der Waals surface area contributed by atoms with Crippen LogP contribution in [0.5, 0.6) is 0 Å². The van der Waals surface area contributed by atoms with E-state index in [1.807, 2.05) is 26.8 Å². The zero-order valence-corrected chi connectivity index (χ0v) is 14.7. The summed E-state index contributed by atoms with van der Waals surface area (Å²) in [4.78, 5) is 22.0. The fraction of sp³-hybridized carbons (Fsp3) is 0.684. The average molecular weight is 315 g/mol. The summed E-state index contributed by atoms with van der Waals surface area (Å²) in [5, 5.41) is 0. The quantitative estimate of drug-likeness (QED) is 0.860. The average Bonchev–Trinajstić information content (AvgIpc) is 2.89. The molecule has 2 fully saturated rings. The van der Waals surface area contributed by atoms with Crippen LogP contribution in [0.4, 0.5) is 0 Å². The maximum Gasteiger partial charge on any atom is 0.225 e. The van der Waals surface area contributed by atoms with Gasteiger partial charge in [-0.3, -0.25) is 14.7 Å². The molecule has 1 amide bonds. The van der Waals surface area contributed by atoms with Crippen LogP contribution in [0, 0.1) is 12.8 Å². The summed E-state index contributed by atoms with van der Waals surface area (Å²) in [7, 11) is 0. The molecule has 0 aromatic carbocycles. The van der Waals surface area contributed by atoms with Crippen LogP contribution in [0.25, 0.3) is 0 Å².